The standard InChI is InChI=1S/C18H37N5O2.HI/c1-14(2)21-16(24)13-22-8-10-23(11-9-22)17(19-6)20-12-15(25-7)18(3,4)5;/h14-15H,8-13H2,1-7H3,(H,19,20)(H,21,24);1H. The topological polar surface area (TPSA) is 69.2 Å². The van der Waals surface area contributed by atoms with E-state index in [1.54, 1.807) is 7.11 Å². The first-order chi connectivity index (χ1) is 11.7. The number of ether oxygens (including phenoxy) is 1. The lowest BCUT2D eigenvalue weighted by molar-refractivity contribution is -0.123. The highest BCUT2D eigenvalue weighted by atomic mass is 127. The van der Waals surface area contributed by atoms with Crippen LogP contribution in [-0.4, -0.2) is 87.2 Å². The molecule has 7 nitrogen and oxygen atoms in total. The number of rotatable bonds is 6. The van der Waals surface area contributed by atoms with Gasteiger partial charge < -0.3 is 20.3 Å². The third-order valence-corrected chi connectivity index (χ3v) is 4.40. The van der Waals surface area contributed by atoms with E-state index in [1.165, 1.54) is 0 Å². The summed E-state index contributed by atoms with van der Waals surface area (Å²) >= 11 is 0. The number of carbonyl (C=O) groups excluding carboxylic acids is 1. The fraction of sp³-hybridized carbons (Fsp3) is 0.889. The molecule has 1 atom stereocenters. The number of methoxy groups -OCH3 is 1. The van der Waals surface area contributed by atoms with Crippen LogP contribution in [0.15, 0.2) is 4.99 Å². The van der Waals surface area contributed by atoms with Crippen molar-refractivity contribution in [1.82, 2.24) is 20.4 Å². The highest BCUT2D eigenvalue weighted by Gasteiger charge is 2.26. The molecule has 0 aromatic heterocycles. The Bertz CT molecular complexity index is 443. The van der Waals surface area contributed by atoms with E-state index in [0.29, 0.717) is 6.54 Å². The predicted octanol–water partition coefficient (Wildman–Crippen LogP) is 1.38. The van der Waals surface area contributed by atoms with Gasteiger partial charge in [0, 0.05) is 52.9 Å². The van der Waals surface area contributed by atoms with E-state index < -0.39 is 0 Å². The van der Waals surface area contributed by atoms with Crippen LogP contribution in [0.4, 0.5) is 0 Å². The van der Waals surface area contributed by atoms with Crippen molar-refractivity contribution in [3.05, 3.63) is 0 Å². The molecule has 0 spiro atoms. The largest absolute Gasteiger partial charge is 0.379 e. The van der Waals surface area contributed by atoms with Crippen LogP contribution < -0.4 is 10.6 Å². The maximum Gasteiger partial charge on any atom is 0.234 e. The first-order valence-electron chi connectivity index (χ1n) is 9.17. The Kier molecular flexibility index (Phi) is 11.7. The molecule has 1 heterocycles. The Morgan fingerprint density at radius 3 is 2.19 bits per heavy atom. The van der Waals surface area contributed by atoms with Gasteiger partial charge in [0.05, 0.1) is 12.6 Å². The van der Waals surface area contributed by atoms with Gasteiger partial charge in [-0.15, -0.1) is 24.0 Å². The van der Waals surface area contributed by atoms with Crippen LogP contribution in [0.5, 0.6) is 0 Å². The van der Waals surface area contributed by atoms with E-state index in [9.17, 15) is 4.79 Å². The number of carbonyl (C=O) groups is 1. The fourth-order valence-electron chi connectivity index (χ4n) is 2.95. The molecule has 0 aromatic carbocycles. The average Bonchev–Trinajstić information content (AvgIpc) is 2.50. The smallest absolute Gasteiger partial charge is 0.234 e. The molecule has 154 valence electrons. The summed E-state index contributed by atoms with van der Waals surface area (Å²) in [4.78, 5) is 20.7. The zero-order chi connectivity index (χ0) is 19.0. The number of amides is 1. The molecule has 1 unspecified atom stereocenters. The Labute approximate surface area is 176 Å². The molecular weight excluding hydrogens is 445 g/mol. The molecule has 1 rings (SSSR count). The van der Waals surface area contributed by atoms with Crippen molar-refractivity contribution in [3.63, 3.8) is 0 Å². The van der Waals surface area contributed by atoms with Crippen LogP contribution in [0.25, 0.3) is 0 Å². The van der Waals surface area contributed by atoms with Crippen molar-refractivity contribution in [2.45, 2.75) is 46.8 Å². The maximum absolute atomic E-state index is 11.9. The molecule has 0 radical (unpaired) electrons. The molecule has 2 N–H and O–H groups in total. The van der Waals surface area contributed by atoms with Gasteiger partial charge in [0.15, 0.2) is 5.96 Å². The zero-order valence-corrected chi connectivity index (χ0v) is 19.8. The number of halogens is 1. The van der Waals surface area contributed by atoms with Crippen molar-refractivity contribution in [3.8, 4) is 0 Å². The minimum Gasteiger partial charge on any atom is -0.379 e. The lowest BCUT2D eigenvalue weighted by Crippen LogP contribution is -2.55. The molecule has 0 saturated carbocycles. The first kappa shape index (κ1) is 25.4. The van der Waals surface area contributed by atoms with Crippen molar-refractivity contribution in [2.75, 3.05) is 53.4 Å². The van der Waals surface area contributed by atoms with E-state index in [-0.39, 0.29) is 47.4 Å². The minimum absolute atomic E-state index is 0. The van der Waals surface area contributed by atoms with Crippen LogP contribution >= 0.6 is 24.0 Å². The molecule has 1 aliphatic rings. The summed E-state index contributed by atoms with van der Waals surface area (Å²) in [6.45, 7) is 15.1. The summed E-state index contributed by atoms with van der Waals surface area (Å²) in [5.41, 5.74) is 0.0725. The number of nitrogens with one attached hydrogen (secondary N) is 2. The molecule has 1 saturated heterocycles. The number of aliphatic imine (C=N–C) groups is 1. The molecule has 1 fully saturated rings. The second kappa shape index (κ2) is 12.0. The average molecular weight is 483 g/mol. The summed E-state index contributed by atoms with van der Waals surface area (Å²) in [7, 11) is 3.56. The van der Waals surface area contributed by atoms with Crippen LogP contribution in [0, 0.1) is 5.41 Å². The van der Waals surface area contributed by atoms with Crippen molar-refractivity contribution < 1.29 is 9.53 Å². The summed E-state index contributed by atoms with van der Waals surface area (Å²) in [5, 5.41) is 6.38. The van der Waals surface area contributed by atoms with E-state index in [2.05, 4.69) is 46.2 Å². The van der Waals surface area contributed by atoms with Crippen LogP contribution in [0.1, 0.15) is 34.6 Å². The highest BCUT2D eigenvalue weighted by Crippen LogP contribution is 2.21. The number of hydrogen-bond donors (Lipinski definition) is 2. The third kappa shape index (κ3) is 8.85. The van der Waals surface area contributed by atoms with Crippen molar-refractivity contribution >= 4 is 35.8 Å². The second-order valence-corrected chi connectivity index (χ2v) is 8.00. The predicted molar refractivity (Wildman–Crippen MR) is 118 cm³/mol. The molecule has 0 aliphatic carbocycles. The minimum atomic E-state index is 0. The van der Waals surface area contributed by atoms with Crippen LogP contribution in [0.3, 0.4) is 0 Å². The number of nitrogens with zero attached hydrogens (tertiary/aromatic N) is 3. The highest BCUT2D eigenvalue weighted by molar-refractivity contribution is 14.0. The summed E-state index contributed by atoms with van der Waals surface area (Å²) < 4.78 is 5.60. The van der Waals surface area contributed by atoms with E-state index in [4.69, 9.17) is 4.74 Å². The Balaban J connectivity index is 0.00000625. The van der Waals surface area contributed by atoms with Gasteiger partial charge in [0.1, 0.15) is 0 Å². The van der Waals surface area contributed by atoms with Crippen LogP contribution in [-0.2, 0) is 9.53 Å². The molecule has 1 amide bonds. The molecule has 26 heavy (non-hydrogen) atoms. The zero-order valence-electron chi connectivity index (χ0n) is 17.5. The lowest BCUT2D eigenvalue weighted by Gasteiger charge is -2.37. The monoisotopic (exact) mass is 483 g/mol. The summed E-state index contributed by atoms with van der Waals surface area (Å²) in [6, 6.07) is 0.188. The Morgan fingerprint density at radius 1 is 1.19 bits per heavy atom. The SMILES string of the molecule is CN=C(NCC(OC)C(C)(C)C)N1CCN(CC(=O)NC(C)C)CC1.I. The lowest BCUT2D eigenvalue weighted by atomic mass is 9.89. The first-order valence-corrected chi connectivity index (χ1v) is 9.17. The van der Waals surface area contributed by atoms with E-state index in [1.807, 2.05) is 20.9 Å². The van der Waals surface area contributed by atoms with Gasteiger partial charge in [-0.2, -0.15) is 0 Å². The molecular formula is C18H38IN5O2. The summed E-state index contributed by atoms with van der Waals surface area (Å²) in [5.74, 6) is 0.997. The quantitative estimate of drug-likeness (QED) is 0.340. The molecule has 0 aromatic rings. The van der Waals surface area contributed by atoms with Gasteiger partial charge in [-0.1, -0.05) is 20.8 Å². The van der Waals surface area contributed by atoms with Crippen molar-refractivity contribution in [1.29, 1.82) is 0 Å². The number of piperazine rings is 1. The summed E-state index contributed by atoms with van der Waals surface area (Å²) in [6.07, 6.45) is 0.116. The second-order valence-electron chi connectivity index (χ2n) is 8.00. The molecule has 8 heteroatoms. The number of guanidine groups is 1. The normalized spacial score (nSPS) is 17.7. The van der Waals surface area contributed by atoms with Gasteiger partial charge >= 0.3 is 0 Å². The Morgan fingerprint density at radius 2 is 1.77 bits per heavy atom. The van der Waals surface area contributed by atoms with E-state index in [0.717, 1.165) is 38.7 Å². The molecule has 0 bridgehead atoms. The van der Waals surface area contributed by atoms with Crippen LogP contribution in [0.2, 0.25) is 0 Å². The fourth-order valence-corrected chi connectivity index (χ4v) is 2.95. The Hall–Kier alpha value is -0.610. The van der Waals surface area contributed by atoms with Crippen molar-refractivity contribution in [2.24, 2.45) is 10.4 Å². The third-order valence-electron chi connectivity index (χ3n) is 4.40. The van der Waals surface area contributed by atoms with Gasteiger partial charge in [0.2, 0.25) is 5.91 Å². The van der Waals surface area contributed by atoms with Gasteiger partial charge in [-0.05, 0) is 19.3 Å². The van der Waals surface area contributed by atoms with Gasteiger partial charge in [-0.3, -0.25) is 14.7 Å². The van der Waals surface area contributed by atoms with Gasteiger partial charge in [-0.25, -0.2) is 0 Å². The number of hydrogen-bond acceptors (Lipinski definition) is 4. The van der Waals surface area contributed by atoms with Gasteiger partial charge in [0.25, 0.3) is 0 Å². The van der Waals surface area contributed by atoms with E-state index >= 15 is 0 Å². The maximum atomic E-state index is 11.9. The molecule has 1 aliphatic heterocycles.